The smallest absolute Gasteiger partial charge is 0.251 e. The van der Waals surface area contributed by atoms with Crippen LogP contribution >= 0.6 is 0 Å². The van der Waals surface area contributed by atoms with E-state index in [0.29, 0.717) is 13.1 Å². The van der Waals surface area contributed by atoms with Crippen molar-refractivity contribution in [1.29, 1.82) is 0 Å². The van der Waals surface area contributed by atoms with Gasteiger partial charge >= 0.3 is 0 Å². The highest BCUT2D eigenvalue weighted by molar-refractivity contribution is 4.59. The van der Waals surface area contributed by atoms with Gasteiger partial charge in [0, 0.05) is 6.54 Å². The Morgan fingerprint density at radius 1 is 1.38 bits per heavy atom. The van der Waals surface area contributed by atoms with E-state index in [0.717, 1.165) is 13.0 Å². The van der Waals surface area contributed by atoms with Crippen molar-refractivity contribution in [3.05, 3.63) is 0 Å². The van der Waals surface area contributed by atoms with Gasteiger partial charge in [0.1, 0.15) is 0 Å². The summed E-state index contributed by atoms with van der Waals surface area (Å²) in [6.07, 6.45) is -1.50. The third kappa shape index (κ3) is 8.08. The van der Waals surface area contributed by atoms with E-state index in [1.165, 1.54) is 0 Å². The number of aliphatic hydroxyl groups excluding tert-OH is 1. The van der Waals surface area contributed by atoms with Crippen LogP contribution in [0.25, 0.3) is 0 Å². The second kappa shape index (κ2) is 8.34. The third-order valence-corrected chi connectivity index (χ3v) is 1.71. The van der Waals surface area contributed by atoms with Crippen molar-refractivity contribution in [2.75, 3.05) is 39.8 Å². The Hall–Kier alpha value is -0.260. The fourth-order valence-electron chi connectivity index (χ4n) is 1.11. The molecular weight excluding hydrogens is 178 g/mol. The van der Waals surface area contributed by atoms with E-state index >= 15 is 0 Å². The monoisotopic (exact) mass is 196 g/mol. The molecule has 0 aliphatic heterocycles. The number of alkyl halides is 2. The van der Waals surface area contributed by atoms with Crippen LogP contribution in [-0.4, -0.2) is 56.3 Å². The van der Waals surface area contributed by atoms with Gasteiger partial charge in [-0.1, -0.05) is 0 Å². The number of hydrogen-bond acceptors (Lipinski definition) is 3. The fraction of sp³-hybridized carbons (Fsp3) is 1.00. The SMILES string of the molecule is CNCCCN(CCO)CC(F)F. The Bertz CT molecular complexity index is 114. The number of halogens is 2. The molecule has 13 heavy (non-hydrogen) atoms. The Labute approximate surface area is 77.7 Å². The largest absolute Gasteiger partial charge is 0.395 e. The Kier molecular flexibility index (Phi) is 8.18. The zero-order valence-corrected chi connectivity index (χ0v) is 7.97. The molecule has 0 bridgehead atoms. The second-order valence-corrected chi connectivity index (χ2v) is 2.87. The molecular formula is C8H18F2N2O. The molecule has 0 radical (unpaired) electrons. The van der Waals surface area contributed by atoms with E-state index in [1.54, 1.807) is 4.90 Å². The van der Waals surface area contributed by atoms with Crippen LogP contribution in [0, 0.1) is 0 Å². The summed E-state index contributed by atoms with van der Waals surface area (Å²) in [6.45, 7) is 1.43. The first kappa shape index (κ1) is 12.7. The Balaban J connectivity index is 3.53. The van der Waals surface area contributed by atoms with Crippen LogP contribution in [-0.2, 0) is 0 Å². The normalized spacial score (nSPS) is 11.5. The molecule has 2 N–H and O–H groups in total. The number of hydrogen-bond donors (Lipinski definition) is 2. The lowest BCUT2D eigenvalue weighted by Crippen LogP contribution is -2.33. The maximum atomic E-state index is 12.0. The highest BCUT2D eigenvalue weighted by Crippen LogP contribution is 1.98. The summed E-state index contributed by atoms with van der Waals surface area (Å²) in [5, 5.41) is 11.5. The van der Waals surface area contributed by atoms with Crippen LogP contribution in [0.2, 0.25) is 0 Å². The minimum Gasteiger partial charge on any atom is -0.395 e. The van der Waals surface area contributed by atoms with Gasteiger partial charge in [-0.15, -0.1) is 0 Å². The molecule has 80 valence electrons. The predicted octanol–water partition coefficient (Wildman–Crippen LogP) is 0.155. The van der Waals surface area contributed by atoms with Crippen molar-refractivity contribution >= 4 is 0 Å². The molecule has 0 amide bonds. The molecule has 0 heterocycles. The van der Waals surface area contributed by atoms with Gasteiger partial charge in [-0.3, -0.25) is 4.90 Å². The van der Waals surface area contributed by atoms with Crippen molar-refractivity contribution in [3.8, 4) is 0 Å². The van der Waals surface area contributed by atoms with Gasteiger partial charge in [0.25, 0.3) is 6.43 Å². The van der Waals surface area contributed by atoms with Crippen molar-refractivity contribution in [2.24, 2.45) is 0 Å². The number of nitrogens with zero attached hydrogens (tertiary/aromatic N) is 1. The van der Waals surface area contributed by atoms with Gasteiger partial charge in [-0.05, 0) is 26.6 Å². The third-order valence-electron chi connectivity index (χ3n) is 1.71. The van der Waals surface area contributed by atoms with Gasteiger partial charge in [-0.2, -0.15) is 0 Å². The van der Waals surface area contributed by atoms with E-state index in [1.807, 2.05) is 7.05 Å². The van der Waals surface area contributed by atoms with Crippen LogP contribution in [0.3, 0.4) is 0 Å². The maximum Gasteiger partial charge on any atom is 0.251 e. The molecule has 0 aliphatic carbocycles. The average Bonchev–Trinajstić information content (AvgIpc) is 2.04. The molecule has 0 aromatic rings. The molecule has 3 nitrogen and oxygen atoms in total. The van der Waals surface area contributed by atoms with Crippen LogP contribution in [0.4, 0.5) is 8.78 Å². The molecule has 0 fully saturated rings. The highest BCUT2D eigenvalue weighted by Gasteiger charge is 2.10. The van der Waals surface area contributed by atoms with Crippen LogP contribution in [0.1, 0.15) is 6.42 Å². The van der Waals surface area contributed by atoms with Crippen LogP contribution < -0.4 is 5.32 Å². The van der Waals surface area contributed by atoms with E-state index in [-0.39, 0.29) is 13.2 Å². The second-order valence-electron chi connectivity index (χ2n) is 2.87. The van der Waals surface area contributed by atoms with E-state index in [4.69, 9.17) is 5.11 Å². The first-order valence-corrected chi connectivity index (χ1v) is 4.46. The molecule has 0 unspecified atom stereocenters. The van der Waals surface area contributed by atoms with Crippen molar-refractivity contribution in [2.45, 2.75) is 12.8 Å². The molecule has 0 saturated heterocycles. The molecule has 0 saturated carbocycles. The minimum atomic E-state index is -2.32. The standard InChI is InChI=1S/C8H18F2N2O/c1-11-3-2-4-12(5-6-13)7-8(9)10/h8,11,13H,2-7H2,1H3. The maximum absolute atomic E-state index is 12.0. The topological polar surface area (TPSA) is 35.5 Å². The van der Waals surface area contributed by atoms with E-state index < -0.39 is 6.43 Å². The summed E-state index contributed by atoms with van der Waals surface area (Å²) >= 11 is 0. The van der Waals surface area contributed by atoms with Crippen molar-refractivity contribution in [3.63, 3.8) is 0 Å². The summed E-state index contributed by atoms with van der Waals surface area (Å²) in [5.74, 6) is 0. The summed E-state index contributed by atoms with van der Waals surface area (Å²) in [4.78, 5) is 1.57. The predicted molar refractivity (Wildman–Crippen MR) is 48.1 cm³/mol. The van der Waals surface area contributed by atoms with Crippen LogP contribution in [0.5, 0.6) is 0 Å². The number of nitrogens with one attached hydrogen (secondary N) is 1. The number of rotatable bonds is 8. The van der Waals surface area contributed by atoms with E-state index in [9.17, 15) is 8.78 Å². The molecule has 0 atom stereocenters. The zero-order valence-electron chi connectivity index (χ0n) is 7.97. The summed E-state index contributed by atoms with van der Waals surface area (Å²) < 4.78 is 24.0. The Morgan fingerprint density at radius 3 is 2.54 bits per heavy atom. The lowest BCUT2D eigenvalue weighted by atomic mass is 10.3. The molecule has 0 aromatic carbocycles. The first-order chi connectivity index (χ1) is 6.20. The number of aliphatic hydroxyl groups is 1. The van der Waals surface area contributed by atoms with E-state index in [2.05, 4.69) is 5.32 Å². The van der Waals surface area contributed by atoms with Gasteiger partial charge in [0.15, 0.2) is 0 Å². The highest BCUT2D eigenvalue weighted by atomic mass is 19.3. The quantitative estimate of drug-likeness (QED) is 0.543. The first-order valence-electron chi connectivity index (χ1n) is 4.46. The molecule has 0 rings (SSSR count). The average molecular weight is 196 g/mol. The molecule has 0 aromatic heterocycles. The van der Waals surface area contributed by atoms with Gasteiger partial charge in [0.2, 0.25) is 0 Å². The van der Waals surface area contributed by atoms with Crippen LogP contribution in [0.15, 0.2) is 0 Å². The summed E-state index contributed by atoms with van der Waals surface area (Å²) in [6, 6.07) is 0. The molecule has 0 spiro atoms. The minimum absolute atomic E-state index is 0.0632. The molecule has 0 aliphatic rings. The summed E-state index contributed by atoms with van der Waals surface area (Å²) in [7, 11) is 1.82. The lowest BCUT2D eigenvalue weighted by molar-refractivity contribution is 0.0778. The summed E-state index contributed by atoms with van der Waals surface area (Å²) in [5.41, 5.74) is 0. The Morgan fingerprint density at radius 2 is 2.08 bits per heavy atom. The van der Waals surface area contributed by atoms with Crippen molar-refractivity contribution in [1.82, 2.24) is 10.2 Å². The lowest BCUT2D eigenvalue weighted by Gasteiger charge is -2.20. The fourth-order valence-corrected chi connectivity index (χ4v) is 1.11. The van der Waals surface area contributed by atoms with Gasteiger partial charge in [0.05, 0.1) is 13.2 Å². The van der Waals surface area contributed by atoms with Gasteiger partial charge in [-0.25, -0.2) is 8.78 Å². The molecule has 5 heteroatoms. The van der Waals surface area contributed by atoms with Gasteiger partial charge < -0.3 is 10.4 Å². The zero-order chi connectivity index (χ0) is 10.1. The van der Waals surface area contributed by atoms with Crippen molar-refractivity contribution < 1.29 is 13.9 Å².